The van der Waals surface area contributed by atoms with Crippen LogP contribution in [-0.4, -0.2) is 18.5 Å². The summed E-state index contributed by atoms with van der Waals surface area (Å²) < 4.78 is 0. The minimum absolute atomic E-state index is 0.0366. The second-order valence-corrected chi connectivity index (χ2v) is 2.58. The molecule has 0 aliphatic rings. The van der Waals surface area contributed by atoms with E-state index in [0.29, 0.717) is 6.54 Å². The Morgan fingerprint density at radius 3 is 2.64 bits per heavy atom. The van der Waals surface area contributed by atoms with Crippen LogP contribution < -0.4 is 11.1 Å². The number of hydrogen-bond acceptors (Lipinski definition) is 2. The first kappa shape index (κ1) is 10.2. The van der Waals surface area contributed by atoms with Crippen LogP contribution in [0.3, 0.4) is 0 Å². The zero-order chi connectivity index (χ0) is 8.85. The van der Waals surface area contributed by atoms with Crippen LogP contribution in [0.1, 0.15) is 20.8 Å². The van der Waals surface area contributed by atoms with Gasteiger partial charge in [0.05, 0.1) is 0 Å². The maximum absolute atomic E-state index is 11.1. The first-order valence-corrected chi connectivity index (χ1v) is 3.75. The van der Waals surface area contributed by atoms with E-state index in [4.69, 9.17) is 5.73 Å². The van der Waals surface area contributed by atoms with Crippen LogP contribution >= 0.6 is 0 Å². The molecule has 0 spiro atoms. The second kappa shape index (κ2) is 4.91. The van der Waals surface area contributed by atoms with Crippen LogP contribution in [0.2, 0.25) is 0 Å². The van der Waals surface area contributed by atoms with Gasteiger partial charge in [-0.15, -0.1) is 0 Å². The summed E-state index contributed by atoms with van der Waals surface area (Å²) in [6.07, 6.45) is 1.78. The van der Waals surface area contributed by atoms with Crippen LogP contribution in [-0.2, 0) is 4.79 Å². The molecule has 1 atom stereocenters. The molecule has 3 nitrogen and oxygen atoms in total. The van der Waals surface area contributed by atoms with E-state index in [1.807, 2.05) is 13.8 Å². The molecule has 0 aromatic carbocycles. The Morgan fingerprint density at radius 1 is 1.73 bits per heavy atom. The highest BCUT2D eigenvalue weighted by molar-refractivity contribution is 5.92. The molecule has 0 aliphatic carbocycles. The first-order chi connectivity index (χ1) is 5.11. The SMILES string of the molecule is C/C=C(/C)C(=O)N[C@H](C)CN. The van der Waals surface area contributed by atoms with E-state index in [1.165, 1.54) is 0 Å². The molecule has 0 fully saturated rings. The van der Waals surface area contributed by atoms with Gasteiger partial charge in [0.15, 0.2) is 0 Å². The highest BCUT2D eigenvalue weighted by Crippen LogP contribution is 1.91. The number of hydrogen-bond donors (Lipinski definition) is 2. The van der Waals surface area contributed by atoms with Crippen LogP contribution in [0.5, 0.6) is 0 Å². The van der Waals surface area contributed by atoms with Crippen molar-refractivity contribution in [1.29, 1.82) is 0 Å². The van der Waals surface area contributed by atoms with Crippen molar-refractivity contribution in [3.05, 3.63) is 11.6 Å². The average Bonchev–Trinajstić information content (AvgIpc) is 2.02. The fourth-order valence-electron chi connectivity index (χ4n) is 0.528. The fourth-order valence-corrected chi connectivity index (χ4v) is 0.528. The van der Waals surface area contributed by atoms with Crippen molar-refractivity contribution in [2.24, 2.45) is 5.73 Å². The Kier molecular flexibility index (Phi) is 4.54. The van der Waals surface area contributed by atoms with Gasteiger partial charge < -0.3 is 11.1 Å². The van der Waals surface area contributed by atoms with Crippen molar-refractivity contribution in [3.8, 4) is 0 Å². The van der Waals surface area contributed by atoms with Crippen molar-refractivity contribution in [2.75, 3.05) is 6.54 Å². The maximum Gasteiger partial charge on any atom is 0.246 e. The van der Waals surface area contributed by atoms with Gasteiger partial charge in [-0.05, 0) is 20.8 Å². The second-order valence-electron chi connectivity index (χ2n) is 2.58. The molecule has 0 saturated heterocycles. The van der Waals surface area contributed by atoms with Crippen molar-refractivity contribution < 1.29 is 4.79 Å². The van der Waals surface area contributed by atoms with Gasteiger partial charge in [-0.3, -0.25) is 4.79 Å². The molecule has 0 saturated carbocycles. The first-order valence-electron chi connectivity index (χ1n) is 3.75. The lowest BCUT2D eigenvalue weighted by Gasteiger charge is -2.10. The third kappa shape index (κ3) is 3.78. The van der Waals surface area contributed by atoms with Crippen LogP contribution in [0, 0.1) is 0 Å². The lowest BCUT2D eigenvalue weighted by atomic mass is 10.2. The molecule has 11 heavy (non-hydrogen) atoms. The van der Waals surface area contributed by atoms with Gasteiger partial charge in [-0.2, -0.15) is 0 Å². The minimum Gasteiger partial charge on any atom is -0.349 e. The molecular formula is C8H16N2O. The van der Waals surface area contributed by atoms with E-state index in [-0.39, 0.29) is 11.9 Å². The molecule has 3 N–H and O–H groups in total. The summed E-state index contributed by atoms with van der Waals surface area (Å²) in [6.45, 7) is 5.96. The van der Waals surface area contributed by atoms with Crippen molar-refractivity contribution in [1.82, 2.24) is 5.32 Å². The summed E-state index contributed by atoms with van der Waals surface area (Å²) in [4.78, 5) is 11.1. The Bertz CT molecular complexity index is 163. The summed E-state index contributed by atoms with van der Waals surface area (Å²) in [6, 6.07) is 0.0531. The Morgan fingerprint density at radius 2 is 2.27 bits per heavy atom. The standard InChI is InChI=1S/C8H16N2O/c1-4-6(2)8(11)10-7(3)5-9/h4,7H,5,9H2,1-3H3,(H,10,11)/b6-4-/t7-/m1/s1. The zero-order valence-corrected chi connectivity index (χ0v) is 7.35. The lowest BCUT2D eigenvalue weighted by molar-refractivity contribution is -0.117. The number of rotatable bonds is 3. The topological polar surface area (TPSA) is 55.1 Å². The van der Waals surface area contributed by atoms with E-state index in [2.05, 4.69) is 5.32 Å². The quantitative estimate of drug-likeness (QED) is 0.582. The summed E-state index contributed by atoms with van der Waals surface area (Å²) in [7, 11) is 0. The van der Waals surface area contributed by atoms with E-state index >= 15 is 0 Å². The molecule has 0 aliphatic heterocycles. The number of carbonyl (C=O) groups is 1. The fraction of sp³-hybridized carbons (Fsp3) is 0.625. The number of nitrogens with two attached hydrogens (primary N) is 1. The Balaban J connectivity index is 3.88. The predicted octanol–water partition coefficient (Wildman–Crippen LogP) is 0.416. The van der Waals surface area contributed by atoms with E-state index < -0.39 is 0 Å². The zero-order valence-electron chi connectivity index (χ0n) is 7.35. The molecule has 64 valence electrons. The van der Waals surface area contributed by atoms with Crippen molar-refractivity contribution in [2.45, 2.75) is 26.8 Å². The Hall–Kier alpha value is -0.830. The summed E-state index contributed by atoms with van der Waals surface area (Å²) in [5.74, 6) is -0.0366. The van der Waals surface area contributed by atoms with E-state index in [1.54, 1.807) is 13.0 Å². The summed E-state index contributed by atoms with van der Waals surface area (Å²) in [5.41, 5.74) is 6.05. The van der Waals surface area contributed by atoms with Crippen molar-refractivity contribution >= 4 is 5.91 Å². The highest BCUT2D eigenvalue weighted by atomic mass is 16.1. The third-order valence-corrected chi connectivity index (χ3v) is 1.52. The van der Waals surface area contributed by atoms with Gasteiger partial charge in [-0.1, -0.05) is 6.08 Å². The summed E-state index contributed by atoms with van der Waals surface area (Å²) in [5, 5.41) is 2.75. The molecule has 0 bridgehead atoms. The molecule has 0 aromatic heterocycles. The molecular weight excluding hydrogens is 140 g/mol. The molecule has 0 heterocycles. The smallest absolute Gasteiger partial charge is 0.246 e. The van der Waals surface area contributed by atoms with Crippen LogP contribution in [0.4, 0.5) is 0 Å². The van der Waals surface area contributed by atoms with Gasteiger partial charge in [0.2, 0.25) is 5.91 Å². The molecule has 1 amide bonds. The Labute approximate surface area is 67.7 Å². The van der Waals surface area contributed by atoms with Gasteiger partial charge >= 0.3 is 0 Å². The molecule has 3 heteroatoms. The number of nitrogens with one attached hydrogen (secondary N) is 1. The third-order valence-electron chi connectivity index (χ3n) is 1.52. The van der Waals surface area contributed by atoms with Gasteiger partial charge in [-0.25, -0.2) is 0 Å². The van der Waals surface area contributed by atoms with E-state index in [9.17, 15) is 4.79 Å². The molecule has 0 unspecified atom stereocenters. The number of allylic oxidation sites excluding steroid dienone is 1. The maximum atomic E-state index is 11.1. The highest BCUT2D eigenvalue weighted by Gasteiger charge is 2.05. The monoisotopic (exact) mass is 156 g/mol. The molecule has 0 radical (unpaired) electrons. The van der Waals surface area contributed by atoms with Crippen molar-refractivity contribution in [3.63, 3.8) is 0 Å². The predicted molar refractivity (Wildman–Crippen MR) is 46.1 cm³/mol. The average molecular weight is 156 g/mol. The van der Waals surface area contributed by atoms with Gasteiger partial charge in [0.25, 0.3) is 0 Å². The van der Waals surface area contributed by atoms with Gasteiger partial charge in [0, 0.05) is 18.2 Å². The summed E-state index contributed by atoms with van der Waals surface area (Å²) >= 11 is 0. The van der Waals surface area contributed by atoms with Gasteiger partial charge in [0.1, 0.15) is 0 Å². The number of amides is 1. The normalized spacial score (nSPS) is 14.4. The minimum atomic E-state index is -0.0366. The van der Waals surface area contributed by atoms with Crippen LogP contribution in [0.15, 0.2) is 11.6 Å². The lowest BCUT2D eigenvalue weighted by Crippen LogP contribution is -2.38. The molecule has 0 rings (SSSR count). The largest absolute Gasteiger partial charge is 0.349 e. The van der Waals surface area contributed by atoms with E-state index in [0.717, 1.165) is 5.57 Å². The molecule has 0 aromatic rings. The van der Waals surface area contributed by atoms with Crippen LogP contribution in [0.25, 0.3) is 0 Å². The number of carbonyl (C=O) groups excluding carboxylic acids is 1.